The third kappa shape index (κ3) is 4.27. The average Bonchev–Trinajstić information content (AvgIpc) is 3.14. The maximum atomic E-state index is 13.3. The monoisotopic (exact) mass is 463 g/mol. The van der Waals surface area contributed by atoms with E-state index in [1.54, 1.807) is 23.0 Å². The van der Waals surface area contributed by atoms with Crippen molar-refractivity contribution in [3.8, 4) is 5.75 Å². The molecule has 0 spiro atoms. The Bertz CT molecular complexity index is 1080. The molecule has 1 saturated heterocycles. The van der Waals surface area contributed by atoms with Gasteiger partial charge in [-0.25, -0.2) is 0 Å². The van der Waals surface area contributed by atoms with Gasteiger partial charge in [-0.1, -0.05) is 38.1 Å². The van der Waals surface area contributed by atoms with Gasteiger partial charge in [-0.15, -0.1) is 0 Å². The Labute approximate surface area is 201 Å². The van der Waals surface area contributed by atoms with Gasteiger partial charge in [-0.05, 0) is 55.5 Å². The molecular weight excluding hydrogens is 430 g/mol. The lowest BCUT2D eigenvalue weighted by molar-refractivity contribution is -0.122. The maximum absolute atomic E-state index is 13.3. The highest BCUT2D eigenvalue weighted by Crippen LogP contribution is 2.44. The van der Waals surface area contributed by atoms with E-state index in [1.165, 1.54) is 0 Å². The lowest BCUT2D eigenvalue weighted by Gasteiger charge is -2.48. The van der Waals surface area contributed by atoms with Crippen molar-refractivity contribution in [2.24, 2.45) is 5.92 Å². The number of anilines is 1. The van der Waals surface area contributed by atoms with Crippen LogP contribution in [0, 0.1) is 5.92 Å². The van der Waals surface area contributed by atoms with Crippen molar-refractivity contribution in [3.05, 3.63) is 59.7 Å². The number of ether oxygens (including phenoxy) is 1. The second kappa shape index (κ2) is 9.49. The number of amides is 3. The normalized spacial score (nSPS) is 20.3. The van der Waals surface area contributed by atoms with Gasteiger partial charge < -0.3 is 15.0 Å². The lowest BCUT2D eigenvalue weighted by atomic mass is 9.95. The summed E-state index contributed by atoms with van der Waals surface area (Å²) in [6.07, 6.45) is 1.82. The molecule has 4 rings (SSSR count). The molecule has 0 saturated carbocycles. The SMILES string of the molecule is COc1ccc(C(NC(=O)CCCN2C(=O)c3ccccc3N3C(=O)CCC23C)C(C)C)cc1. The molecule has 1 N–H and O–H groups in total. The van der Waals surface area contributed by atoms with Crippen molar-refractivity contribution in [3.63, 3.8) is 0 Å². The first-order valence-electron chi connectivity index (χ1n) is 11.9. The van der Waals surface area contributed by atoms with Gasteiger partial charge in [0.25, 0.3) is 5.91 Å². The highest BCUT2D eigenvalue weighted by molar-refractivity contribution is 6.10. The Morgan fingerprint density at radius 2 is 1.82 bits per heavy atom. The zero-order chi connectivity index (χ0) is 24.5. The molecule has 0 radical (unpaired) electrons. The van der Waals surface area contributed by atoms with Crippen LogP contribution < -0.4 is 15.0 Å². The largest absolute Gasteiger partial charge is 0.497 e. The molecule has 7 nitrogen and oxygen atoms in total. The average molecular weight is 464 g/mol. The first-order chi connectivity index (χ1) is 16.3. The summed E-state index contributed by atoms with van der Waals surface area (Å²) in [6, 6.07) is 14.9. The van der Waals surface area contributed by atoms with Gasteiger partial charge in [0, 0.05) is 19.4 Å². The molecule has 2 unspecified atom stereocenters. The summed E-state index contributed by atoms with van der Waals surface area (Å²) in [4.78, 5) is 42.4. The number of hydrogen-bond donors (Lipinski definition) is 1. The summed E-state index contributed by atoms with van der Waals surface area (Å²) in [5.41, 5.74) is 1.56. The number of para-hydroxylation sites is 1. The lowest BCUT2D eigenvalue weighted by Crippen LogP contribution is -2.62. The van der Waals surface area contributed by atoms with Crippen LogP contribution in [-0.4, -0.2) is 41.9 Å². The van der Waals surface area contributed by atoms with Crippen LogP contribution in [0.15, 0.2) is 48.5 Å². The highest BCUT2D eigenvalue weighted by Gasteiger charge is 2.52. The molecule has 2 heterocycles. The van der Waals surface area contributed by atoms with Gasteiger partial charge in [-0.3, -0.25) is 19.3 Å². The second-order valence-corrected chi connectivity index (χ2v) is 9.59. The fourth-order valence-corrected chi connectivity index (χ4v) is 5.13. The van der Waals surface area contributed by atoms with E-state index in [9.17, 15) is 14.4 Å². The number of methoxy groups -OCH3 is 1. The third-order valence-corrected chi connectivity index (χ3v) is 6.99. The van der Waals surface area contributed by atoms with E-state index in [0.29, 0.717) is 43.5 Å². The smallest absolute Gasteiger partial charge is 0.257 e. The summed E-state index contributed by atoms with van der Waals surface area (Å²) in [7, 11) is 1.63. The minimum Gasteiger partial charge on any atom is -0.497 e. The number of carbonyl (C=O) groups excluding carboxylic acids is 3. The Kier molecular flexibility index (Phi) is 6.64. The van der Waals surface area contributed by atoms with Gasteiger partial charge in [0.15, 0.2) is 0 Å². The predicted octanol–water partition coefficient (Wildman–Crippen LogP) is 4.29. The van der Waals surface area contributed by atoms with Crippen molar-refractivity contribution in [2.75, 3.05) is 18.6 Å². The standard InChI is InChI=1S/C27H33N3O4/c1-18(2)25(19-11-13-20(34-4)14-12-19)28-23(31)10-7-17-29-26(33)21-8-5-6-9-22(21)30-24(32)15-16-27(29,30)3/h5-6,8-9,11-14,18,25H,7,10,15-17H2,1-4H3,(H,28,31). The van der Waals surface area contributed by atoms with Gasteiger partial charge >= 0.3 is 0 Å². The van der Waals surface area contributed by atoms with Crippen LogP contribution in [0.3, 0.4) is 0 Å². The summed E-state index contributed by atoms with van der Waals surface area (Å²) in [6.45, 7) is 6.51. The van der Waals surface area contributed by atoms with Crippen LogP contribution in [0.2, 0.25) is 0 Å². The van der Waals surface area contributed by atoms with E-state index in [0.717, 1.165) is 11.3 Å². The molecule has 3 amide bonds. The van der Waals surface area contributed by atoms with Crippen LogP contribution in [0.1, 0.15) is 68.4 Å². The fourth-order valence-electron chi connectivity index (χ4n) is 5.13. The van der Waals surface area contributed by atoms with Crippen molar-refractivity contribution >= 4 is 23.4 Å². The van der Waals surface area contributed by atoms with Crippen LogP contribution in [0.4, 0.5) is 5.69 Å². The molecule has 2 aromatic carbocycles. The van der Waals surface area contributed by atoms with Crippen molar-refractivity contribution in [2.45, 2.75) is 58.2 Å². The number of nitrogens with zero attached hydrogens (tertiary/aromatic N) is 2. The maximum Gasteiger partial charge on any atom is 0.257 e. The molecule has 0 aromatic heterocycles. The molecule has 2 atom stereocenters. The molecule has 0 aliphatic carbocycles. The van der Waals surface area contributed by atoms with E-state index in [4.69, 9.17) is 4.74 Å². The molecule has 180 valence electrons. The number of nitrogens with one attached hydrogen (secondary N) is 1. The van der Waals surface area contributed by atoms with Crippen molar-refractivity contribution in [1.82, 2.24) is 10.2 Å². The van der Waals surface area contributed by atoms with E-state index in [1.807, 2.05) is 49.4 Å². The third-order valence-electron chi connectivity index (χ3n) is 6.99. The summed E-state index contributed by atoms with van der Waals surface area (Å²) < 4.78 is 5.23. The van der Waals surface area contributed by atoms with Crippen molar-refractivity contribution < 1.29 is 19.1 Å². The molecule has 2 aliphatic heterocycles. The van der Waals surface area contributed by atoms with E-state index in [-0.39, 0.29) is 29.7 Å². The molecule has 34 heavy (non-hydrogen) atoms. The molecule has 1 fully saturated rings. The van der Waals surface area contributed by atoms with Gasteiger partial charge in [-0.2, -0.15) is 0 Å². The number of benzene rings is 2. The first kappa shape index (κ1) is 23.8. The molecular formula is C27H33N3O4. The topological polar surface area (TPSA) is 79.0 Å². The number of fused-ring (bicyclic) bond motifs is 3. The summed E-state index contributed by atoms with van der Waals surface area (Å²) in [5, 5.41) is 3.15. The minimum atomic E-state index is -0.692. The number of hydrogen-bond acceptors (Lipinski definition) is 4. The van der Waals surface area contributed by atoms with Crippen LogP contribution in [-0.2, 0) is 9.59 Å². The molecule has 7 heteroatoms. The van der Waals surface area contributed by atoms with Gasteiger partial charge in [0.1, 0.15) is 11.4 Å². The molecule has 2 aliphatic rings. The zero-order valence-corrected chi connectivity index (χ0v) is 20.3. The Morgan fingerprint density at radius 1 is 1.12 bits per heavy atom. The van der Waals surface area contributed by atoms with E-state index in [2.05, 4.69) is 19.2 Å². The Morgan fingerprint density at radius 3 is 2.50 bits per heavy atom. The molecule has 2 aromatic rings. The minimum absolute atomic E-state index is 0.0319. The zero-order valence-electron chi connectivity index (χ0n) is 20.3. The number of carbonyl (C=O) groups is 3. The van der Waals surface area contributed by atoms with Gasteiger partial charge in [0.05, 0.1) is 24.4 Å². The summed E-state index contributed by atoms with van der Waals surface area (Å²) >= 11 is 0. The summed E-state index contributed by atoms with van der Waals surface area (Å²) in [5.74, 6) is 0.892. The van der Waals surface area contributed by atoms with Crippen LogP contribution in [0.5, 0.6) is 5.75 Å². The van der Waals surface area contributed by atoms with Crippen LogP contribution in [0.25, 0.3) is 0 Å². The van der Waals surface area contributed by atoms with E-state index < -0.39 is 5.66 Å². The predicted molar refractivity (Wildman–Crippen MR) is 131 cm³/mol. The van der Waals surface area contributed by atoms with Gasteiger partial charge in [0.2, 0.25) is 11.8 Å². The Balaban J connectivity index is 1.42. The Hall–Kier alpha value is -3.35. The first-order valence-corrected chi connectivity index (χ1v) is 11.9. The number of rotatable bonds is 8. The van der Waals surface area contributed by atoms with Crippen LogP contribution >= 0.6 is 0 Å². The highest BCUT2D eigenvalue weighted by atomic mass is 16.5. The fraction of sp³-hybridized carbons (Fsp3) is 0.444. The van der Waals surface area contributed by atoms with Crippen molar-refractivity contribution in [1.29, 1.82) is 0 Å². The quantitative estimate of drug-likeness (QED) is 0.634. The molecule has 0 bridgehead atoms. The second-order valence-electron chi connectivity index (χ2n) is 9.59. The van der Waals surface area contributed by atoms with E-state index >= 15 is 0 Å².